The Morgan fingerprint density at radius 3 is 2.91 bits per heavy atom. The number of benzene rings is 1. The number of aromatic nitrogens is 3. The number of nitrogens with one attached hydrogen (secondary N) is 1. The van der Waals surface area contributed by atoms with Gasteiger partial charge in [0.15, 0.2) is 0 Å². The van der Waals surface area contributed by atoms with Crippen LogP contribution in [0.15, 0.2) is 46.8 Å². The molecule has 172 valence electrons. The van der Waals surface area contributed by atoms with Gasteiger partial charge in [0.2, 0.25) is 0 Å². The Morgan fingerprint density at radius 1 is 1.24 bits per heavy atom. The van der Waals surface area contributed by atoms with Crippen molar-refractivity contribution < 1.29 is 0 Å². The number of hydrogen-bond donors (Lipinski definition) is 1. The Bertz CT molecular complexity index is 1290. The maximum Gasteiger partial charge on any atom is 0.262 e. The van der Waals surface area contributed by atoms with Crippen molar-refractivity contribution in [3.63, 3.8) is 0 Å². The van der Waals surface area contributed by atoms with Gasteiger partial charge in [-0.15, -0.1) is 22.7 Å². The summed E-state index contributed by atoms with van der Waals surface area (Å²) in [5.74, 6) is 0.572. The van der Waals surface area contributed by atoms with Crippen molar-refractivity contribution in [1.82, 2.24) is 19.9 Å². The lowest BCUT2D eigenvalue weighted by molar-refractivity contribution is 0.460. The lowest BCUT2D eigenvalue weighted by atomic mass is 9.93. The molecule has 1 N–H and O–H groups in total. The quantitative estimate of drug-likeness (QED) is 0.378. The van der Waals surface area contributed by atoms with E-state index in [1.54, 1.807) is 33.6 Å². The largest absolute Gasteiger partial charge is 0.308 e. The fraction of sp³-hybridized carbons (Fsp3) is 0.423. The molecular formula is C26H30N4OS2. The standard InChI is InChI=1S/C26H30N4OS2/c1-17(2)10-11-30-16-28-25-24(26(30)31)21-9-8-19(13-22(21)33-25)27-14-20-15-32-23(29-20)12-18-6-4-3-5-7-18/h3-7,15-17,19,27H,8-14H2,1-2H3/t19-/m0/s1. The third-order valence-corrected chi connectivity index (χ3v) is 8.41. The topological polar surface area (TPSA) is 59.8 Å². The van der Waals surface area contributed by atoms with E-state index in [-0.39, 0.29) is 5.56 Å². The van der Waals surface area contributed by atoms with Crippen LogP contribution < -0.4 is 10.9 Å². The van der Waals surface area contributed by atoms with E-state index in [9.17, 15) is 4.79 Å². The fourth-order valence-corrected chi connectivity index (χ4v) is 6.55. The molecule has 0 amide bonds. The van der Waals surface area contributed by atoms with Gasteiger partial charge >= 0.3 is 0 Å². The molecule has 0 spiro atoms. The highest BCUT2D eigenvalue weighted by Gasteiger charge is 2.25. The van der Waals surface area contributed by atoms with E-state index in [4.69, 9.17) is 4.98 Å². The molecule has 7 heteroatoms. The molecule has 0 fully saturated rings. The Morgan fingerprint density at radius 2 is 2.09 bits per heavy atom. The zero-order chi connectivity index (χ0) is 22.8. The zero-order valence-corrected chi connectivity index (χ0v) is 20.8. The van der Waals surface area contributed by atoms with Crippen LogP contribution in [-0.2, 0) is 32.4 Å². The zero-order valence-electron chi connectivity index (χ0n) is 19.2. The average Bonchev–Trinajstić information content (AvgIpc) is 3.41. The van der Waals surface area contributed by atoms with E-state index in [2.05, 4.69) is 53.8 Å². The second-order valence-electron chi connectivity index (χ2n) is 9.33. The molecule has 5 rings (SSSR count). The molecule has 33 heavy (non-hydrogen) atoms. The van der Waals surface area contributed by atoms with Crippen molar-refractivity contribution in [2.75, 3.05) is 0 Å². The first-order valence-electron chi connectivity index (χ1n) is 11.8. The van der Waals surface area contributed by atoms with Crippen LogP contribution >= 0.6 is 22.7 Å². The van der Waals surface area contributed by atoms with E-state index in [0.717, 1.165) is 66.1 Å². The second-order valence-corrected chi connectivity index (χ2v) is 11.4. The highest BCUT2D eigenvalue weighted by atomic mass is 32.1. The first kappa shape index (κ1) is 22.4. The molecule has 1 aliphatic rings. The van der Waals surface area contributed by atoms with Crippen LogP contribution in [0.2, 0.25) is 0 Å². The number of rotatable bonds is 8. The Kier molecular flexibility index (Phi) is 6.71. The van der Waals surface area contributed by atoms with Crippen molar-refractivity contribution in [2.24, 2.45) is 5.92 Å². The number of aryl methyl sites for hydroxylation is 2. The summed E-state index contributed by atoms with van der Waals surface area (Å²) >= 11 is 3.44. The summed E-state index contributed by atoms with van der Waals surface area (Å²) in [5, 5.41) is 7.90. The third-order valence-electron chi connectivity index (χ3n) is 6.35. The SMILES string of the molecule is CC(C)CCn1cnc2sc3c(c2c1=O)CC[C@H](NCc1csc(Cc2ccccc2)n1)C3. The van der Waals surface area contributed by atoms with Gasteiger partial charge in [0.05, 0.1) is 22.4 Å². The van der Waals surface area contributed by atoms with Gasteiger partial charge in [-0.2, -0.15) is 0 Å². The van der Waals surface area contributed by atoms with Crippen LogP contribution in [0.1, 0.15) is 53.4 Å². The minimum Gasteiger partial charge on any atom is -0.308 e. The van der Waals surface area contributed by atoms with Crippen molar-refractivity contribution >= 4 is 32.9 Å². The van der Waals surface area contributed by atoms with Gasteiger partial charge in [-0.3, -0.25) is 9.36 Å². The van der Waals surface area contributed by atoms with E-state index < -0.39 is 0 Å². The van der Waals surface area contributed by atoms with Crippen molar-refractivity contribution in [1.29, 1.82) is 0 Å². The summed E-state index contributed by atoms with van der Waals surface area (Å²) in [5.41, 5.74) is 3.79. The normalized spacial score (nSPS) is 15.9. The number of thiazole rings is 1. The van der Waals surface area contributed by atoms with Crippen LogP contribution in [0.3, 0.4) is 0 Å². The molecule has 1 atom stereocenters. The summed E-state index contributed by atoms with van der Waals surface area (Å²) in [6.07, 6.45) is 6.56. The van der Waals surface area contributed by atoms with Crippen molar-refractivity contribution in [3.8, 4) is 0 Å². The molecule has 0 bridgehead atoms. The van der Waals surface area contributed by atoms with Gasteiger partial charge in [-0.1, -0.05) is 44.2 Å². The van der Waals surface area contributed by atoms with Gasteiger partial charge < -0.3 is 5.32 Å². The lowest BCUT2D eigenvalue weighted by Crippen LogP contribution is -2.34. The average molecular weight is 479 g/mol. The highest BCUT2D eigenvalue weighted by molar-refractivity contribution is 7.18. The molecule has 0 aliphatic heterocycles. The monoisotopic (exact) mass is 478 g/mol. The summed E-state index contributed by atoms with van der Waals surface area (Å²) in [6.45, 7) is 5.91. The smallest absolute Gasteiger partial charge is 0.262 e. The first-order valence-corrected chi connectivity index (χ1v) is 13.5. The molecule has 5 nitrogen and oxygen atoms in total. The second kappa shape index (κ2) is 9.87. The highest BCUT2D eigenvalue weighted by Crippen LogP contribution is 2.33. The minimum atomic E-state index is 0.137. The minimum absolute atomic E-state index is 0.137. The molecule has 1 aromatic carbocycles. The van der Waals surface area contributed by atoms with E-state index in [1.165, 1.54) is 16.0 Å². The first-order chi connectivity index (χ1) is 16.1. The summed E-state index contributed by atoms with van der Waals surface area (Å²) in [6, 6.07) is 10.9. The maximum atomic E-state index is 13.1. The van der Waals surface area contributed by atoms with Gasteiger partial charge in [0.1, 0.15) is 4.83 Å². The number of fused-ring (bicyclic) bond motifs is 3. The van der Waals surface area contributed by atoms with Crippen molar-refractivity contribution in [3.05, 3.63) is 79.1 Å². The molecular weight excluding hydrogens is 448 g/mol. The van der Waals surface area contributed by atoms with Gasteiger partial charge in [0, 0.05) is 35.8 Å². The molecule has 4 aromatic rings. The summed E-state index contributed by atoms with van der Waals surface area (Å²) < 4.78 is 1.80. The van der Waals surface area contributed by atoms with Crippen LogP contribution in [0.25, 0.3) is 10.2 Å². The van der Waals surface area contributed by atoms with Gasteiger partial charge in [0.25, 0.3) is 5.56 Å². The summed E-state index contributed by atoms with van der Waals surface area (Å²) in [4.78, 5) is 24.8. The number of nitrogens with zero attached hydrogens (tertiary/aromatic N) is 3. The lowest BCUT2D eigenvalue weighted by Gasteiger charge is -2.23. The Labute approximate surface area is 202 Å². The predicted molar refractivity (Wildman–Crippen MR) is 137 cm³/mol. The Hall–Kier alpha value is -2.35. The number of hydrogen-bond acceptors (Lipinski definition) is 6. The van der Waals surface area contributed by atoms with Crippen LogP contribution in [0.4, 0.5) is 0 Å². The molecule has 0 saturated heterocycles. The molecule has 3 heterocycles. The van der Waals surface area contributed by atoms with E-state index in [1.807, 2.05) is 6.07 Å². The molecule has 0 saturated carbocycles. The van der Waals surface area contributed by atoms with Crippen LogP contribution in [0, 0.1) is 5.92 Å². The third kappa shape index (κ3) is 5.10. The molecule has 1 aliphatic carbocycles. The molecule has 0 unspecified atom stereocenters. The van der Waals surface area contributed by atoms with Crippen LogP contribution in [-0.4, -0.2) is 20.6 Å². The van der Waals surface area contributed by atoms with Crippen molar-refractivity contribution in [2.45, 2.75) is 65.1 Å². The predicted octanol–water partition coefficient (Wildman–Crippen LogP) is 5.20. The molecule has 0 radical (unpaired) electrons. The summed E-state index contributed by atoms with van der Waals surface area (Å²) in [7, 11) is 0. The molecule has 3 aromatic heterocycles. The van der Waals surface area contributed by atoms with E-state index >= 15 is 0 Å². The van der Waals surface area contributed by atoms with Gasteiger partial charge in [-0.25, -0.2) is 9.97 Å². The van der Waals surface area contributed by atoms with Crippen LogP contribution in [0.5, 0.6) is 0 Å². The maximum absolute atomic E-state index is 13.1. The number of thiophene rings is 1. The fourth-order valence-electron chi connectivity index (χ4n) is 4.46. The van der Waals surface area contributed by atoms with E-state index in [0.29, 0.717) is 12.0 Å². The Balaban J connectivity index is 1.23. The van der Waals surface area contributed by atoms with Gasteiger partial charge in [-0.05, 0) is 42.7 Å².